The van der Waals surface area contributed by atoms with E-state index in [2.05, 4.69) is 19.9 Å². The normalized spacial score (nSPS) is 15.9. The van der Waals surface area contributed by atoms with Crippen LogP contribution in [0.4, 0.5) is 5.69 Å². The molecule has 7 heteroatoms. The van der Waals surface area contributed by atoms with Crippen molar-refractivity contribution in [3.05, 3.63) is 34.7 Å². The average molecular weight is 336 g/mol. The van der Waals surface area contributed by atoms with Gasteiger partial charge in [-0.3, -0.25) is 9.88 Å². The molecule has 124 valence electrons. The molecule has 2 aromatic heterocycles. The van der Waals surface area contributed by atoms with Gasteiger partial charge in [-0.25, -0.2) is 4.68 Å². The second-order valence-electron chi connectivity index (χ2n) is 5.79. The van der Waals surface area contributed by atoms with Crippen molar-refractivity contribution in [2.24, 2.45) is 7.05 Å². The van der Waals surface area contributed by atoms with Crippen molar-refractivity contribution in [2.75, 3.05) is 38.2 Å². The van der Waals surface area contributed by atoms with Crippen molar-refractivity contribution in [3.8, 4) is 5.88 Å². The minimum Gasteiger partial charge on any atom is -0.481 e. The Morgan fingerprint density at radius 2 is 2.00 bits per heavy atom. The highest BCUT2D eigenvalue weighted by Crippen LogP contribution is 2.27. The Bertz CT molecular complexity index is 679. The van der Waals surface area contributed by atoms with Gasteiger partial charge in [-0.05, 0) is 13.0 Å². The number of methoxy groups -OCH3 is 1. The van der Waals surface area contributed by atoms with Crippen molar-refractivity contribution < 1.29 is 4.74 Å². The van der Waals surface area contributed by atoms with E-state index >= 15 is 0 Å². The maximum Gasteiger partial charge on any atom is 0.216 e. The number of piperazine rings is 1. The van der Waals surface area contributed by atoms with Crippen LogP contribution >= 0.6 is 11.6 Å². The maximum absolute atomic E-state index is 6.24. The maximum atomic E-state index is 6.24. The molecule has 0 aliphatic carbocycles. The third kappa shape index (κ3) is 3.28. The van der Waals surface area contributed by atoms with Crippen molar-refractivity contribution >= 4 is 17.3 Å². The molecule has 2 aromatic rings. The van der Waals surface area contributed by atoms with Crippen LogP contribution in [0.3, 0.4) is 0 Å². The minimum atomic E-state index is 0.714. The van der Waals surface area contributed by atoms with Crippen LogP contribution in [0.15, 0.2) is 18.5 Å². The summed E-state index contributed by atoms with van der Waals surface area (Å²) in [6, 6.07) is 1.98. The van der Waals surface area contributed by atoms with E-state index in [0.29, 0.717) is 5.02 Å². The zero-order valence-corrected chi connectivity index (χ0v) is 14.5. The third-order valence-corrected chi connectivity index (χ3v) is 4.62. The van der Waals surface area contributed by atoms with Gasteiger partial charge in [0.15, 0.2) is 0 Å². The van der Waals surface area contributed by atoms with Gasteiger partial charge in [0.05, 0.1) is 29.1 Å². The summed E-state index contributed by atoms with van der Waals surface area (Å²) < 4.78 is 7.29. The van der Waals surface area contributed by atoms with Gasteiger partial charge in [-0.1, -0.05) is 11.6 Å². The van der Waals surface area contributed by atoms with Crippen molar-refractivity contribution in [3.63, 3.8) is 0 Å². The second kappa shape index (κ2) is 6.76. The summed E-state index contributed by atoms with van der Waals surface area (Å²) in [5.74, 6) is 0.849. The smallest absolute Gasteiger partial charge is 0.216 e. The molecular formula is C16H22ClN5O. The summed E-state index contributed by atoms with van der Waals surface area (Å²) in [5.41, 5.74) is 3.27. The predicted octanol–water partition coefficient (Wildman–Crippen LogP) is 2.11. The zero-order chi connectivity index (χ0) is 16.4. The molecule has 0 spiro atoms. The van der Waals surface area contributed by atoms with Gasteiger partial charge in [0.2, 0.25) is 5.88 Å². The standard InChI is InChI=1S/C16H22ClN5O/c1-12-13(16(23-3)20(2)19-12)11-21-6-8-22(9-7-21)15-4-5-18-10-14(15)17/h4-5,10H,6-9,11H2,1-3H3. The fourth-order valence-electron chi connectivity index (χ4n) is 3.11. The highest BCUT2D eigenvalue weighted by atomic mass is 35.5. The Morgan fingerprint density at radius 3 is 2.65 bits per heavy atom. The Hall–Kier alpha value is -1.79. The number of ether oxygens (including phenoxy) is 1. The number of pyridine rings is 1. The molecule has 0 atom stereocenters. The number of rotatable bonds is 4. The molecule has 6 nitrogen and oxygen atoms in total. The SMILES string of the molecule is COc1c(CN2CCN(c3ccncc3Cl)CC2)c(C)nn1C. The van der Waals surface area contributed by atoms with E-state index in [0.717, 1.165) is 50.0 Å². The second-order valence-corrected chi connectivity index (χ2v) is 6.19. The Balaban J connectivity index is 1.65. The number of aryl methyl sites for hydroxylation is 2. The third-order valence-electron chi connectivity index (χ3n) is 4.33. The number of anilines is 1. The van der Waals surface area contributed by atoms with Crippen molar-refractivity contribution in [1.29, 1.82) is 0 Å². The fraction of sp³-hybridized carbons (Fsp3) is 0.500. The van der Waals surface area contributed by atoms with Crippen LogP contribution in [-0.2, 0) is 13.6 Å². The summed E-state index contributed by atoms with van der Waals surface area (Å²) in [6.07, 6.45) is 3.49. The summed E-state index contributed by atoms with van der Waals surface area (Å²) >= 11 is 6.24. The van der Waals surface area contributed by atoms with Crippen molar-refractivity contribution in [2.45, 2.75) is 13.5 Å². The highest BCUT2D eigenvalue weighted by Gasteiger charge is 2.22. The lowest BCUT2D eigenvalue weighted by atomic mass is 10.2. The minimum absolute atomic E-state index is 0.714. The van der Waals surface area contributed by atoms with Gasteiger partial charge in [0.25, 0.3) is 0 Å². The molecule has 0 amide bonds. The fourth-order valence-corrected chi connectivity index (χ4v) is 3.35. The van der Waals surface area contributed by atoms with E-state index in [4.69, 9.17) is 16.3 Å². The van der Waals surface area contributed by atoms with E-state index in [1.807, 2.05) is 20.0 Å². The molecule has 0 radical (unpaired) electrons. The first-order valence-corrected chi connectivity index (χ1v) is 8.11. The summed E-state index contributed by atoms with van der Waals surface area (Å²) in [5, 5.41) is 5.17. The topological polar surface area (TPSA) is 46.4 Å². The molecule has 0 unspecified atom stereocenters. The first kappa shape index (κ1) is 16.1. The van der Waals surface area contributed by atoms with Crippen LogP contribution in [0.5, 0.6) is 5.88 Å². The van der Waals surface area contributed by atoms with Gasteiger partial charge in [-0.15, -0.1) is 0 Å². The molecule has 1 aliphatic heterocycles. The van der Waals surface area contributed by atoms with Gasteiger partial charge in [0.1, 0.15) is 0 Å². The number of hydrogen-bond donors (Lipinski definition) is 0. The largest absolute Gasteiger partial charge is 0.481 e. The summed E-state index contributed by atoms with van der Waals surface area (Å²) in [6.45, 7) is 6.76. The van der Waals surface area contributed by atoms with Gasteiger partial charge in [0, 0.05) is 52.2 Å². The van der Waals surface area contributed by atoms with E-state index in [1.165, 1.54) is 5.56 Å². The monoisotopic (exact) mass is 335 g/mol. The Kier molecular flexibility index (Phi) is 4.73. The zero-order valence-electron chi connectivity index (χ0n) is 13.8. The molecule has 0 saturated carbocycles. The molecule has 0 N–H and O–H groups in total. The van der Waals surface area contributed by atoms with E-state index in [1.54, 1.807) is 24.2 Å². The summed E-state index contributed by atoms with van der Waals surface area (Å²) in [4.78, 5) is 8.79. The molecule has 23 heavy (non-hydrogen) atoms. The van der Waals surface area contributed by atoms with Crippen LogP contribution in [0.1, 0.15) is 11.3 Å². The number of aromatic nitrogens is 3. The molecule has 0 aromatic carbocycles. The number of nitrogens with zero attached hydrogens (tertiary/aromatic N) is 5. The first-order chi connectivity index (χ1) is 11.1. The highest BCUT2D eigenvalue weighted by molar-refractivity contribution is 6.33. The van der Waals surface area contributed by atoms with E-state index in [-0.39, 0.29) is 0 Å². The average Bonchev–Trinajstić information content (AvgIpc) is 2.82. The van der Waals surface area contributed by atoms with Gasteiger partial charge >= 0.3 is 0 Å². The van der Waals surface area contributed by atoms with Crippen LogP contribution in [-0.4, -0.2) is 53.0 Å². The molecular weight excluding hydrogens is 314 g/mol. The Labute approximate surface area is 141 Å². The van der Waals surface area contributed by atoms with Crippen LogP contribution in [0.25, 0.3) is 0 Å². The molecule has 3 heterocycles. The predicted molar refractivity (Wildman–Crippen MR) is 91.2 cm³/mol. The molecule has 1 fully saturated rings. The van der Waals surface area contributed by atoms with E-state index in [9.17, 15) is 0 Å². The molecule has 3 rings (SSSR count). The van der Waals surface area contributed by atoms with Gasteiger partial charge < -0.3 is 9.64 Å². The van der Waals surface area contributed by atoms with Crippen molar-refractivity contribution in [1.82, 2.24) is 19.7 Å². The van der Waals surface area contributed by atoms with Crippen LogP contribution in [0.2, 0.25) is 5.02 Å². The van der Waals surface area contributed by atoms with Crippen LogP contribution < -0.4 is 9.64 Å². The number of hydrogen-bond acceptors (Lipinski definition) is 5. The lowest BCUT2D eigenvalue weighted by molar-refractivity contribution is 0.244. The van der Waals surface area contributed by atoms with Crippen LogP contribution in [0, 0.1) is 6.92 Å². The Morgan fingerprint density at radius 1 is 1.26 bits per heavy atom. The molecule has 1 saturated heterocycles. The lowest BCUT2D eigenvalue weighted by Crippen LogP contribution is -2.46. The number of halogens is 1. The van der Waals surface area contributed by atoms with E-state index < -0.39 is 0 Å². The lowest BCUT2D eigenvalue weighted by Gasteiger charge is -2.36. The summed E-state index contributed by atoms with van der Waals surface area (Å²) in [7, 11) is 3.61. The van der Waals surface area contributed by atoms with Gasteiger partial charge in [-0.2, -0.15) is 5.10 Å². The quantitative estimate of drug-likeness (QED) is 0.856. The first-order valence-electron chi connectivity index (χ1n) is 7.73. The molecule has 1 aliphatic rings. The molecule has 0 bridgehead atoms.